The van der Waals surface area contributed by atoms with Crippen LogP contribution in [-0.2, 0) is 0 Å². The first-order valence-corrected chi connectivity index (χ1v) is 4.63. The summed E-state index contributed by atoms with van der Waals surface area (Å²) in [5, 5.41) is 0. The molecule has 0 bridgehead atoms. The van der Waals surface area contributed by atoms with E-state index in [1.165, 1.54) is 4.31 Å². The van der Waals surface area contributed by atoms with E-state index in [4.69, 9.17) is 11.2 Å². The quantitative estimate of drug-likeness (QED) is 0.561. The Morgan fingerprint density at radius 2 is 2.14 bits per heavy atom. The van der Waals surface area contributed by atoms with Gasteiger partial charge in [-0.05, 0) is 24.3 Å². The van der Waals surface area contributed by atoms with Gasteiger partial charge in [0, 0.05) is 0 Å². The van der Waals surface area contributed by atoms with Gasteiger partial charge < -0.3 is 4.74 Å². The molecule has 0 N–H and O–H groups in total. The molecule has 0 unspecified atom stereocenters. The van der Waals surface area contributed by atoms with Crippen LogP contribution in [0.5, 0.6) is 5.75 Å². The van der Waals surface area contributed by atoms with Gasteiger partial charge in [-0.1, -0.05) is 5.92 Å². The minimum atomic E-state index is 0.111. The van der Waals surface area contributed by atoms with Crippen molar-refractivity contribution in [3.63, 3.8) is 0 Å². The summed E-state index contributed by atoms with van der Waals surface area (Å²) in [7, 11) is 1.58. The van der Waals surface area contributed by atoms with Crippen molar-refractivity contribution in [2.24, 2.45) is 0 Å². The van der Waals surface area contributed by atoms with Gasteiger partial charge in [-0.25, -0.2) is 0 Å². The molecule has 2 nitrogen and oxygen atoms in total. The summed E-state index contributed by atoms with van der Waals surface area (Å²) in [5.74, 6) is 3.11. The molecule has 0 atom stereocenters. The van der Waals surface area contributed by atoms with Gasteiger partial charge in [0.15, 0.2) is 12.3 Å². The van der Waals surface area contributed by atoms with Crippen molar-refractivity contribution in [1.29, 1.82) is 0 Å². The number of benzene rings is 1. The highest BCUT2D eigenvalue weighted by Gasteiger charge is 2.05. The molecular formula is C10H10FNOS. The maximum Gasteiger partial charge on any atom is 0.166 e. The van der Waals surface area contributed by atoms with E-state index >= 15 is 0 Å². The molecule has 0 spiro atoms. The van der Waals surface area contributed by atoms with Crippen LogP contribution in [0.25, 0.3) is 0 Å². The molecule has 14 heavy (non-hydrogen) atoms. The predicted molar refractivity (Wildman–Crippen MR) is 57.9 cm³/mol. The number of nitrogens with zero attached hydrogens (tertiary/aromatic N) is 1. The molecule has 0 aromatic heterocycles. The normalized spacial score (nSPS) is 9.21. The van der Waals surface area contributed by atoms with Crippen LogP contribution in [0.1, 0.15) is 0 Å². The molecule has 1 aromatic carbocycles. The lowest BCUT2D eigenvalue weighted by Gasteiger charge is -2.15. The van der Waals surface area contributed by atoms with Gasteiger partial charge in [-0.15, -0.1) is 10.3 Å². The topological polar surface area (TPSA) is 12.5 Å². The second-order valence-electron chi connectivity index (χ2n) is 2.51. The lowest BCUT2D eigenvalue weighted by Crippen LogP contribution is -2.12. The van der Waals surface area contributed by atoms with E-state index in [1.807, 2.05) is 0 Å². The molecule has 1 aromatic rings. The summed E-state index contributed by atoms with van der Waals surface area (Å²) in [6.07, 6.45) is 5.10. The zero-order valence-corrected chi connectivity index (χ0v) is 8.55. The Labute approximate surface area is 87.5 Å². The van der Waals surface area contributed by atoms with Gasteiger partial charge in [-0.3, -0.25) is 4.31 Å². The Bertz CT molecular complexity index is 320. The standard InChI is InChI=1S/C10H10FNOS/c1-3-8-12(14-11)9-4-6-10(13-2)7-5-9/h1,4-7H,8H2,2H3. The van der Waals surface area contributed by atoms with Crippen molar-refractivity contribution >= 4 is 18.0 Å². The van der Waals surface area contributed by atoms with Crippen LogP contribution in [0.3, 0.4) is 0 Å². The second-order valence-corrected chi connectivity index (χ2v) is 3.09. The average Bonchev–Trinajstić information content (AvgIpc) is 2.26. The molecule has 0 saturated heterocycles. The van der Waals surface area contributed by atoms with Gasteiger partial charge in [-0.2, -0.15) is 0 Å². The SMILES string of the molecule is C#CCN(SF)c1ccc(OC)cc1. The molecule has 0 aliphatic carbocycles. The highest BCUT2D eigenvalue weighted by atomic mass is 32.2. The molecule has 0 saturated carbocycles. The van der Waals surface area contributed by atoms with E-state index < -0.39 is 0 Å². The fraction of sp³-hybridized carbons (Fsp3) is 0.200. The summed E-state index contributed by atoms with van der Waals surface area (Å²) < 4.78 is 18.8. The second kappa shape index (κ2) is 5.40. The molecule has 0 aliphatic heterocycles. The highest BCUT2D eigenvalue weighted by Crippen LogP contribution is 2.24. The van der Waals surface area contributed by atoms with Crippen LogP contribution in [0, 0.1) is 12.3 Å². The van der Waals surface area contributed by atoms with E-state index in [-0.39, 0.29) is 18.9 Å². The van der Waals surface area contributed by atoms with Crippen LogP contribution in [0.15, 0.2) is 24.3 Å². The number of ether oxygens (including phenoxy) is 1. The Kier molecular flexibility index (Phi) is 4.14. The third-order valence-corrected chi connectivity index (χ3v) is 2.19. The molecule has 0 aliphatic rings. The first-order chi connectivity index (χ1) is 6.81. The number of methoxy groups -OCH3 is 1. The highest BCUT2D eigenvalue weighted by molar-refractivity contribution is 7.95. The number of hydrogen-bond donors (Lipinski definition) is 0. The molecule has 0 fully saturated rings. The number of rotatable bonds is 4. The Morgan fingerprint density at radius 1 is 1.50 bits per heavy atom. The van der Waals surface area contributed by atoms with E-state index in [1.54, 1.807) is 31.4 Å². The van der Waals surface area contributed by atoms with Crippen LogP contribution < -0.4 is 9.04 Å². The van der Waals surface area contributed by atoms with Crippen LogP contribution in [0.2, 0.25) is 0 Å². The fourth-order valence-corrected chi connectivity index (χ4v) is 1.31. The monoisotopic (exact) mass is 211 g/mol. The summed E-state index contributed by atoms with van der Waals surface area (Å²) in [4.78, 5) is 0. The van der Waals surface area contributed by atoms with Crippen LogP contribution in [-0.4, -0.2) is 13.7 Å². The van der Waals surface area contributed by atoms with Crippen molar-refractivity contribution in [2.45, 2.75) is 0 Å². The first kappa shape index (κ1) is 10.7. The van der Waals surface area contributed by atoms with Crippen molar-refractivity contribution in [1.82, 2.24) is 0 Å². The molecule has 0 heterocycles. The minimum absolute atomic E-state index is 0.111. The molecule has 74 valence electrons. The van der Waals surface area contributed by atoms with Crippen LogP contribution in [0.4, 0.5) is 9.57 Å². The zero-order chi connectivity index (χ0) is 10.4. The third kappa shape index (κ3) is 2.57. The van der Waals surface area contributed by atoms with Gasteiger partial charge in [0.05, 0.1) is 19.3 Å². The van der Waals surface area contributed by atoms with Crippen molar-refractivity contribution in [2.75, 3.05) is 18.0 Å². The fourth-order valence-electron chi connectivity index (χ4n) is 0.987. The van der Waals surface area contributed by atoms with Gasteiger partial charge >= 0.3 is 0 Å². The molecular weight excluding hydrogens is 201 g/mol. The lowest BCUT2D eigenvalue weighted by atomic mass is 10.3. The average molecular weight is 211 g/mol. The maximum atomic E-state index is 12.4. The Balaban J connectivity index is 2.79. The largest absolute Gasteiger partial charge is 0.497 e. The molecule has 4 heteroatoms. The molecule has 1 rings (SSSR count). The summed E-state index contributed by atoms with van der Waals surface area (Å²) >= 11 is 0.111. The summed E-state index contributed by atoms with van der Waals surface area (Å²) in [6, 6.07) is 7.02. The van der Waals surface area contributed by atoms with E-state index in [0.717, 1.165) is 11.4 Å². The maximum absolute atomic E-state index is 12.4. The Morgan fingerprint density at radius 3 is 2.57 bits per heavy atom. The van der Waals surface area contributed by atoms with Gasteiger partial charge in [0.2, 0.25) is 0 Å². The minimum Gasteiger partial charge on any atom is -0.497 e. The molecule has 0 amide bonds. The van der Waals surface area contributed by atoms with E-state index in [9.17, 15) is 3.89 Å². The van der Waals surface area contributed by atoms with Gasteiger partial charge in [0.25, 0.3) is 0 Å². The number of anilines is 1. The lowest BCUT2D eigenvalue weighted by molar-refractivity contribution is 0.415. The predicted octanol–water partition coefficient (Wildman–Crippen LogP) is 2.67. The van der Waals surface area contributed by atoms with Crippen molar-refractivity contribution < 1.29 is 8.62 Å². The van der Waals surface area contributed by atoms with Gasteiger partial charge in [0.1, 0.15) is 5.75 Å². The summed E-state index contributed by atoms with van der Waals surface area (Å²) in [6.45, 7) is 0.230. The van der Waals surface area contributed by atoms with E-state index in [0.29, 0.717) is 0 Å². The number of hydrogen-bond acceptors (Lipinski definition) is 3. The van der Waals surface area contributed by atoms with Crippen LogP contribution >= 0.6 is 12.3 Å². The first-order valence-electron chi connectivity index (χ1n) is 3.95. The smallest absolute Gasteiger partial charge is 0.166 e. The van der Waals surface area contributed by atoms with E-state index in [2.05, 4.69) is 5.92 Å². The Hall–Kier alpha value is -1.34. The number of terminal acetylenes is 1. The number of halogens is 1. The summed E-state index contributed by atoms with van der Waals surface area (Å²) in [5.41, 5.74) is 0.719. The molecule has 0 radical (unpaired) electrons. The third-order valence-electron chi connectivity index (χ3n) is 1.68. The zero-order valence-electron chi connectivity index (χ0n) is 7.74. The van der Waals surface area contributed by atoms with Crippen molar-refractivity contribution in [3.8, 4) is 18.1 Å². The van der Waals surface area contributed by atoms with Crippen molar-refractivity contribution in [3.05, 3.63) is 24.3 Å².